The predicted octanol–water partition coefficient (Wildman–Crippen LogP) is -0.125. The number of hydrogen-bond acceptors (Lipinski definition) is 4. The zero-order valence-electron chi connectivity index (χ0n) is 8.57. The molecule has 0 bridgehead atoms. The Bertz CT molecular complexity index is 408. The molecule has 15 heavy (non-hydrogen) atoms. The fraction of sp³-hybridized carbons (Fsp3) is 0.750. The van der Waals surface area contributed by atoms with E-state index >= 15 is 0 Å². The van der Waals surface area contributed by atoms with Crippen LogP contribution in [0.5, 0.6) is 0 Å². The lowest BCUT2D eigenvalue weighted by Gasteiger charge is -2.37. The zero-order valence-corrected chi connectivity index (χ0v) is 9.39. The second-order valence-electron chi connectivity index (χ2n) is 3.67. The molecule has 0 N–H and O–H groups in total. The van der Waals surface area contributed by atoms with Crippen LogP contribution in [0.1, 0.15) is 19.4 Å². The molecule has 6 nitrogen and oxygen atoms in total. The van der Waals surface area contributed by atoms with Gasteiger partial charge in [-0.15, -0.1) is 5.10 Å². The summed E-state index contributed by atoms with van der Waals surface area (Å²) in [5.74, 6) is 0.233. The van der Waals surface area contributed by atoms with Crippen molar-refractivity contribution in [2.45, 2.75) is 19.4 Å². The first-order valence-corrected chi connectivity index (χ1v) is 6.58. The van der Waals surface area contributed by atoms with Crippen molar-refractivity contribution >= 4 is 10.0 Å². The number of nitrogens with zero attached hydrogens (tertiary/aromatic N) is 4. The molecule has 1 fully saturated rings. The molecular weight excluding hydrogens is 216 g/mol. The van der Waals surface area contributed by atoms with Gasteiger partial charge >= 0.3 is 0 Å². The Labute approximate surface area is 88.9 Å². The van der Waals surface area contributed by atoms with E-state index < -0.39 is 10.0 Å². The molecule has 0 spiro atoms. The molecule has 84 valence electrons. The minimum absolute atomic E-state index is 0.152. The number of aromatic nitrogens is 3. The molecule has 0 radical (unpaired) electrons. The van der Waals surface area contributed by atoms with Gasteiger partial charge in [-0.3, -0.25) is 0 Å². The smallest absolute Gasteiger partial charge is 0.214 e. The third-order valence-corrected chi connectivity index (χ3v) is 4.51. The summed E-state index contributed by atoms with van der Waals surface area (Å²) >= 11 is 0. The van der Waals surface area contributed by atoms with Crippen molar-refractivity contribution in [1.29, 1.82) is 0 Å². The lowest BCUT2D eigenvalue weighted by Crippen LogP contribution is -2.51. The van der Waals surface area contributed by atoms with Crippen LogP contribution in [0, 0.1) is 0 Å². The van der Waals surface area contributed by atoms with Crippen LogP contribution in [0.3, 0.4) is 0 Å². The summed E-state index contributed by atoms with van der Waals surface area (Å²) in [6.07, 6.45) is 4.02. The van der Waals surface area contributed by atoms with E-state index in [0.29, 0.717) is 19.5 Å². The number of hydrogen-bond donors (Lipinski definition) is 0. The van der Waals surface area contributed by atoms with E-state index in [1.165, 1.54) is 4.31 Å². The Morgan fingerprint density at radius 1 is 1.47 bits per heavy atom. The molecule has 0 aliphatic carbocycles. The maximum absolute atomic E-state index is 11.6. The van der Waals surface area contributed by atoms with Gasteiger partial charge in [0.15, 0.2) is 0 Å². The van der Waals surface area contributed by atoms with Crippen molar-refractivity contribution in [2.24, 2.45) is 0 Å². The van der Waals surface area contributed by atoms with Crippen LogP contribution in [0.4, 0.5) is 0 Å². The molecule has 7 heteroatoms. The van der Waals surface area contributed by atoms with E-state index in [-0.39, 0.29) is 11.8 Å². The topological polar surface area (TPSA) is 68.1 Å². The summed E-state index contributed by atoms with van der Waals surface area (Å²) in [6.45, 7) is 2.91. The average molecular weight is 230 g/mol. The van der Waals surface area contributed by atoms with Gasteiger partial charge in [0.2, 0.25) is 10.0 Å². The summed E-state index contributed by atoms with van der Waals surface area (Å²) in [5.41, 5.74) is 0. The van der Waals surface area contributed by atoms with Crippen LogP contribution in [0.15, 0.2) is 12.4 Å². The summed E-state index contributed by atoms with van der Waals surface area (Å²) in [6, 6.07) is 0.152. The van der Waals surface area contributed by atoms with E-state index in [1.807, 2.05) is 6.92 Å². The van der Waals surface area contributed by atoms with Crippen LogP contribution in [-0.2, 0) is 10.0 Å². The highest BCUT2D eigenvalue weighted by Gasteiger charge is 2.36. The second kappa shape index (κ2) is 3.90. The molecular formula is C8H14N4O2S. The molecule has 0 amide bonds. The third kappa shape index (κ3) is 2.03. The van der Waals surface area contributed by atoms with Gasteiger partial charge in [-0.25, -0.2) is 13.1 Å². The lowest BCUT2D eigenvalue weighted by molar-refractivity contribution is 0.189. The lowest BCUT2D eigenvalue weighted by atomic mass is 10.2. The Morgan fingerprint density at radius 2 is 2.20 bits per heavy atom. The molecule has 0 aromatic carbocycles. The second-order valence-corrected chi connectivity index (χ2v) is 5.76. The SMILES string of the molecule is CCCS(=O)(=O)N1CC(n2ccnn2)C1. The standard InChI is InChI=1S/C8H14N4O2S/c1-2-5-15(13,14)11-6-8(7-11)12-4-3-9-10-12/h3-4,8H,2,5-7H2,1H3. The normalized spacial score (nSPS) is 19.0. The Hall–Kier alpha value is -0.950. The van der Waals surface area contributed by atoms with E-state index in [0.717, 1.165) is 0 Å². The van der Waals surface area contributed by atoms with Gasteiger partial charge in [0.05, 0.1) is 18.0 Å². The predicted molar refractivity (Wildman–Crippen MR) is 54.7 cm³/mol. The highest BCUT2D eigenvalue weighted by atomic mass is 32.2. The summed E-state index contributed by atoms with van der Waals surface area (Å²) in [4.78, 5) is 0. The molecule has 1 aliphatic heterocycles. The fourth-order valence-electron chi connectivity index (χ4n) is 1.61. The van der Waals surface area contributed by atoms with Crippen molar-refractivity contribution in [3.63, 3.8) is 0 Å². The van der Waals surface area contributed by atoms with Crippen LogP contribution in [0.2, 0.25) is 0 Å². The summed E-state index contributed by atoms with van der Waals surface area (Å²) in [7, 11) is -3.03. The Balaban J connectivity index is 1.94. The molecule has 0 atom stereocenters. The largest absolute Gasteiger partial charge is 0.247 e. The Morgan fingerprint density at radius 3 is 2.73 bits per heavy atom. The Kier molecular flexibility index (Phi) is 2.74. The van der Waals surface area contributed by atoms with Gasteiger partial charge in [0, 0.05) is 19.3 Å². The first-order valence-electron chi connectivity index (χ1n) is 4.97. The van der Waals surface area contributed by atoms with E-state index in [9.17, 15) is 8.42 Å². The molecule has 1 aromatic heterocycles. The van der Waals surface area contributed by atoms with E-state index in [1.54, 1.807) is 17.1 Å². The molecule has 2 heterocycles. The monoisotopic (exact) mass is 230 g/mol. The van der Waals surface area contributed by atoms with Crippen molar-refractivity contribution in [3.8, 4) is 0 Å². The fourth-order valence-corrected chi connectivity index (χ4v) is 3.18. The minimum Gasteiger partial charge on any atom is -0.247 e. The van der Waals surface area contributed by atoms with E-state index in [4.69, 9.17) is 0 Å². The molecule has 1 aliphatic rings. The first-order chi connectivity index (χ1) is 7.13. The molecule has 0 saturated carbocycles. The van der Waals surface area contributed by atoms with Crippen molar-refractivity contribution < 1.29 is 8.42 Å². The van der Waals surface area contributed by atoms with Gasteiger partial charge in [-0.1, -0.05) is 12.1 Å². The molecule has 0 unspecified atom stereocenters. The van der Waals surface area contributed by atoms with Crippen LogP contribution in [-0.4, -0.2) is 46.6 Å². The van der Waals surface area contributed by atoms with Gasteiger partial charge in [0.25, 0.3) is 0 Å². The first kappa shape index (κ1) is 10.6. The quantitative estimate of drug-likeness (QED) is 0.723. The van der Waals surface area contributed by atoms with Gasteiger partial charge < -0.3 is 0 Å². The van der Waals surface area contributed by atoms with Gasteiger partial charge in [-0.2, -0.15) is 4.31 Å². The minimum atomic E-state index is -3.03. The highest BCUT2D eigenvalue weighted by Crippen LogP contribution is 2.23. The van der Waals surface area contributed by atoms with Crippen molar-refractivity contribution in [3.05, 3.63) is 12.4 Å². The zero-order chi connectivity index (χ0) is 10.9. The van der Waals surface area contributed by atoms with Gasteiger partial charge in [-0.05, 0) is 6.42 Å². The maximum atomic E-state index is 11.6. The van der Waals surface area contributed by atoms with Crippen LogP contribution < -0.4 is 0 Å². The number of rotatable bonds is 4. The van der Waals surface area contributed by atoms with E-state index in [2.05, 4.69) is 10.3 Å². The average Bonchev–Trinajstić information content (AvgIpc) is 2.53. The summed E-state index contributed by atoms with van der Waals surface area (Å²) < 4.78 is 26.4. The number of sulfonamides is 1. The molecule has 1 aromatic rings. The maximum Gasteiger partial charge on any atom is 0.214 e. The highest BCUT2D eigenvalue weighted by molar-refractivity contribution is 7.89. The van der Waals surface area contributed by atoms with Crippen molar-refractivity contribution in [2.75, 3.05) is 18.8 Å². The van der Waals surface area contributed by atoms with Crippen molar-refractivity contribution in [1.82, 2.24) is 19.3 Å². The summed E-state index contributed by atoms with van der Waals surface area (Å²) in [5, 5.41) is 7.54. The molecule has 1 saturated heterocycles. The third-order valence-electron chi connectivity index (χ3n) is 2.50. The van der Waals surface area contributed by atoms with Crippen LogP contribution in [0.25, 0.3) is 0 Å². The molecule has 2 rings (SSSR count). The van der Waals surface area contributed by atoms with Gasteiger partial charge in [0.1, 0.15) is 0 Å². The van der Waals surface area contributed by atoms with Crippen LogP contribution >= 0.6 is 0 Å².